The number of benzene rings is 1. The fourth-order valence-corrected chi connectivity index (χ4v) is 3.01. The van der Waals surface area contributed by atoms with E-state index in [9.17, 15) is 20.0 Å². The number of nitrogens with zero attached hydrogens (tertiary/aromatic N) is 2. The quantitative estimate of drug-likeness (QED) is 0.682. The van der Waals surface area contributed by atoms with Crippen molar-refractivity contribution in [3.63, 3.8) is 0 Å². The van der Waals surface area contributed by atoms with Crippen molar-refractivity contribution < 1.29 is 14.8 Å². The van der Waals surface area contributed by atoms with E-state index >= 15 is 0 Å². The first-order valence-electron chi connectivity index (χ1n) is 6.37. The maximum Gasteiger partial charge on any atom is 0.329 e. The molecule has 0 aliphatic carbocycles. The summed E-state index contributed by atoms with van der Waals surface area (Å²) in [6, 6.07) is 4.33. The first kappa shape index (κ1) is 14.6. The Morgan fingerprint density at radius 2 is 2.30 bits per heavy atom. The molecule has 1 N–H and O–H groups in total. The van der Waals surface area contributed by atoms with Gasteiger partial charge in [-0.25, -0.2) is 4.79 Å². The van der Waals surface area contributed by atoms with Crippen molar-refractivity contribution in [3.8, 4) is 0 Å². The summed E-state index contributed by atoms with van der Waals surface area (Å²) in [5.74, 6) is -0.943. The second kappa shape index (κ2) is 5.28. The van der Waals surface area contributed by atoms with E-state index in [1.165, 1.54) is 12.1 Å². The van der Waals surface area contributed by atoms with Gasteiger partial charge in [0.25, 0.3) is 5.69 Å². The fourth-order valence-electron chi connectivity index (χ4n) is 2.84. The number of carboxylic acids is 1. The Bertz CT molecular complexity index is 563. The minimum absolute atomic E-state index is 0.154. The van der Waals surface area contributed by atoms with E-state index in [0.717, 1.165) is 0 Å². The first-order valence-corrected chi connectivity index (χ1v) is 6.75. The van der Waals surface area contributed by atoms with Crippen LogP contribution in [-0.2, 0) is 4.79 Å². The Labute approximate surface area is 121 Å². The second-order valence-electron chi connectivity index (χ2n) is 4.84. The summed E-state index contributed by atoms with van der Waals surface area (Å²) in [5, 5.41) is 21.0. The van der Waals surface area contributed by atoms with Crippen molar-refractivity contribution in [2.45, 2.75) is 31.7 Å². The number of anilines is 1. The van der Waals surface area contributed by atoms with Crippen molar-refractivity contribution >= 4 is 28.9 Å². The largest absolute Gasteiger partial charge is 0.479 e. The summed E-state index contributed by atoms with van der Waals surface area (Å²) in [6.07, 6.45) is 1.57. The standard InChI is InChI=1S/C13H15ClN2O4/c1-2-13(12(17)18)6-3-7-15(13)10-5-4-9(14)8-11(10)16(19)20/h4-5,8H,2-3,6-7H2,1H3,(H,17,18). The van der Waals surface area contributed by atoms with E-state index in [-0.39, 0.29) is 10.7 Å². The zero-order chi connectivity index (χ0) is 14.9. The van der Waals surface area contributed by atoms with Gasteiger partial charge in [0.05, 0.1) is 4.92 Å². The van der Waals surface area contributed by atoms with Crippen LogP contribution in [0.5, 0.6) is 0 Å². The molecule has 2 rings (SSSR count). The molecule has 1 atom stereocenters. The molecule has 1 saturated heterocycles. The van der Waals surface area contributed by atoms with Crippen molar-refractivity contribution in [3.05, 3.63) is 33.3 Å². The molecule has 1 fully saturated rings. The van der Waals surface area contributed by atoms with E-state index in [2.05, 4.69) is 0 Å². The summed E-state index contributed by atoms with van der Waals surface area (Å²) in [5.41, 5.74) is -0.905. The Morgan fingerprint density at radius 1 is 1.60 bits per heavy atom. The van der Waals surface area contributed by atoms with Gasteiger partial charge in [0, 0.05) is 17.6 Å². The molecule has 0 amide bonds. The van der Waals surface area contributed by atoms with E-state index < -0.39 is 16.4 Å². The lowest BCUT2D eigenvalue weighted by molar-refractivity contribution is -0.384. The lowest BCUT2D eigenvalue weighted by atomic mass is 9.92. The Balaban J connectivity index is 2.55. The van der Waals surface area contributed by atoms with Gasteiger partial charge in [0.1, 0.15) is 11.2 Å². The van der Waals surface area contributed by atoms with Gasteiger partial charge in [-0.1, -0.05) is 18.5 Å². The molecule has 1 aliphatic rings. The molecule has 20 heavy (non-hydrogen) atoms. The maximum absolute atomic E-state index is 11.6. The van der Waals surface area contributed by atoms with Crippen LogP contribution in [0.25, 0.3) is 0 Å². The van der Waals surface area contributed by atoms with Crippen LogP contribution in [0, 0.1) is 10.1 Å². The minimum atomic E-state index is -1.07. The van der Waals surface area contributed by atoms with Gasteiger partial charge in [-0.15, -0.1) is 0 Å². The number of hydrogen-bond donors (Lipinski definition) is 1. The Morgan fingerprint density at radius 3 is 2.85 bits per heavy atom. The van der Waals surface area contributed by atoms with E-state index in [1.807, 2.05) is 0 Å². The highest BCUT2D eigenvalue weighted by Gasteiger charge is 2.47. The Kier molecular flexibility index (Phi) is 3.85. The molecular formula is C13H15ClN2O4. The smallest absolute Gasteiger partial charge is 0.329 e. The van der Waals surface area contributed by atoms with Crippen LogP contribution in [0.4, 0.5) is 11.4 Å². The van der Waals surface area contributed by atoms with Gasteiger partial charge in [-0.05, 0) is 31.4 Å². The number of carboxylic acid groups (broad SMARTS) is 1. The zero-order valence-corrected chi connectivity index (χ0v) is 11.8. The van der Waals surface area contributed by atoms with Gasteiger partial charge < -0.3 is 10.0 Å². The van der Waals surface area contributed by atoms with Gasteiger partial charge >= 0.3 is 5.97 Å². The molecule has 1 unspecified atom stereocenters. The molecule has 0 saturated carbocycles. The lowest BCUT2D eigenvalue weighted by Gasteiger charge is -2.35. The molecule has 1 aromatic carbocycles. The van der Waals surface area contributed by atoms with Crippen molar-refractivity contribution in [2.75, 3.05) is 11.4 Å². The Hall–Kier alpha value is -1.82. The third kappa shape index (κ3) is 2.20. The molecule has 1 aliphatic heterocycles. The average molecular weight is 299 g/mol. The number of rotatable bonds is 4. The monoisotopic (exact) mass is 298 g/mol. The molecule has 1 heterocycles. The van der Waals surface area contributed by atoms with E-state index in [4.69, 9.17) is 11.6 Å². The molecule has 7 heteroatoms. The lowest BCUT2D eigenvalue weighted by Crippen LogP contribution is -2.50. The summed E-state index contributed by atoms with van der Waals surface area (Å²) in [6.45, 7) is 2.27. The number of carbonyl (C=O) groups is 1. The number of hydrogen-bond acceptors (Lipinski definition) is 4. The van der Waals surface area contributed by atoms with Crippen molar-refractivity contribution in [2.24, 2.45) is 0 Å². The van der Waals surface area contributed by atoms with Crippen LogP contribution in [-0.4, -0.2) is 28.1 Å². The predicted molar refractivity (Wildman–Crippen MR) is 75.3 cm³/mol. The molecule has 0 bridgehead atoms. The maximum atomic E-state index is 11.6. The number of nitro groups is 1. The third-order valence-electron chi connectivity index (χ3n) is 3.90. The minimum Gasteiger partial charge on any atom is -0.479 e. The van der Waals surface area contributed by atoms with E-state index in [0.29, 0.717) is 31.5 Å². The molecule has 6 nitrogen and oxygen atoms in total. The highest BCUT2D eigenvalue weighted by Crippen LogP contribution is 2.41. The topological polar surface area (TPSA) is 83.7 Å². The van der Waals surface area contributed by atoms with Crippen LogP contribution in [0.15, 0.2) is 18.2 Å². The molecular weight excluding hydrogens is 284 g/mol. The third-order valence-corrected chi connectivity index (χ3v) is 4.13. The number of aliphatic carboxylic acids is 1. The van der Waals surface area contributed by atoms with Crippen LogP contribution in [0.1, 0.15) is 26.2 Å². The average Bonchev–Trinajstić information content (AvgIpc) is 2.83. The molecule has 1 aromatic rings. The van der Waals surface area contributed by atoms with E-state index in [1.54, 1.807) is 17.9 Å². The normalized spacial score (nSPS) is 22.0. The summed E-state index contributed by atoms with van der Waals surface area (Å²) < 4.78 is 0. The first-order chi connectivity index (χ1) is 9.42. The van der Waals surface area contributed by atoms with Crippen molar-refractivity contribution in [1.82, 2.24) is 0 Å². The number of halogens is 1. The molecule has 0 spiro atoms. The van der Waals surface area contributed by atoms with Gasteiger partial charge in [0.15, 0.2) is 0 Å². The van der Waals surface area contributed by atoms with Crippen LogP contribution < -0.4 is 4.90 Å². The van der Waals surface area contributed by atoms with Gasteiger partial charge in [0.2, 0.25) is 0 Å². The SMILES string of the molecule is CCC1(C(=O)O)CCCN1c1ccc(Cl)cc1[N+](=O)[O-]. The molecule has 0 aromatic heterocycles. The molecule has 0 radical (unpaired) electrons. The van der Waals surface area contributed by atoms with Crippen LogP contribution >= 0.6 is 11.6 Å². The summed E-state index contributed by atoms with van der Waals surface area (Å²) in [4.78, 5) is 23.9. The van der Waals surface area contributed by atoms with Gasteiger partial charge in [-0.3, -0.25) is 10.1 Å². The highest BCUT2D eigenvalue weighted by atomic mass is 35.5. The van der Waals surface area contributed by atoms with Gasteiger partial charge in [-0.2, -0.15) is 0 Å². The summed E-state index contributed by atoms with van der Waals surface area (Å²) in [7, 11) is 0. The van der Waals surface area contributed by atoms with Crippen molar-refractivity contribution in [1.29, 1.82) is 0 Å². The number of nitro benzene ring substituents is 1. The second-order valence-corrected chi connectivity index (χ2v) is 5.27. The highest BCUT2D eigenvalue weighted by molar-refractivity contribution is 6.30. The zero-order valence-electron chi connectivity index (χ0n) is 11.0. The van der Waals surface area contributed by atoms with Crippen LogP contribution in [0.3, 0.4) is 0 Å². The van der Waals surface area contributed by atoms with Crippen LogP contribution in [0.2, 0.25) is 5.02 Å². The molecule has 108 valence electrons. The summed E-state index contributed by atoms with van der Waals surface area (Å²) >= 11 is 5.80. The predicted octanol–water partition coefficient (Wildman–Crippen LogP) is 3.08. The fraction of sp³-hybridized carbons (Fsp3) is 0.462.